The van der Waals surface area contributed by atoms with E-state index in [9.17, 15) is 9.59 Å². The average Bonchev–Trinajstić information content (AvgIpc) is 3.20. The lowest BCUT2D eigenvalue weighted by Crippen LogP contribution is -2.23. The van der Waals surface area contributed by atoms with E-state index in [1.165, 1.54) is 17.1 Å². The molecule has 32 heavy (non-hydrogen) atoms. The summed E-state index contributed by atoms with van der Waals surface area (Å²) in [6, 6.07) is 19.7. The molecule has 2 heterocycles. The highest BCUT2D eigenvalue weighted by atomic mass is 16.5. The number of methoxy groups -OCH3 is 1. The molecule has 2 N–H and O–H groups in total. The van der Waals surface area contributed by atoms with E-state index in [2.05, 4.69) is 20.6 Å². The van der Waals surface area contributed by atoms with Crippen molar-refractivity contribution < 1.29 is 9.53 Å². The first-order valence-corrected chi connectivity index (χ1v) is 9.88. The molecule has 0 atom stereocenters. The maximum Gasteiger partial charge on any atom is 0.281 e. The molecule has 4 aromatic rings. The molecule has 2 aromatic heterocycles. The molecule has 0 saturated heterocycles. The van der Waals surface area contributed by atoms with Gasteiger partial charge in [-0.25, -0.2) is 10.1 Å². The van der Waals surface area contributed by atoms with Crippen LogP contribution in [0.25, 0.3) is 16.9 Å². The van der Waals surface area contributed by atoms with E-state index >= 15 is 0 Å². The summed E-state index contributed by atoms with van der Waals surface area (Å²) < 4.78 is 6.69. The Balaban J connectivity index is 1.77. The number of rotatable bonds is 6. The number of carbonyl (C=O) groups excluding carboxylic acids is 1. The topological polar surface area (TPSA) is 101 Å². The fourth-order valence-electron chi connectivity index (χ4n) is 3.26. The molecule has 0 saturated carbocycles. The van der Waals surface area contributed by atoms with Crippen molar-refractivity contribution in [2.45, 2.75) is 6.92 Å². The largest absolute Gasteiger partial charge is 0.497 e. The van der Waals surface area contributed by atoms with E-state index in [1.54, 1.807) is 26.2 Å². The number of hydrogen-bond donors (Lipinski definition) is 2. The first-order chi connectivity index (χ1) is 15.6. The van der Waals surface area contributed by atoms with Crippen LogP contribution in [-0.2, 0) is 0 Å². The van der Waals surface area contributed by atoms with Gasteiger partial charge < -0.3 is 4.74 Å². The third kappa shape index (κ3) is 4.20. The van der Waals surface area contributed by atoms with Crippen molar-refractivity contribution in [3.8, 4) is 22.7 Å². The summed E-state index contributed by atoms with van der Waals surface area (Å²) >= 11 is 0. The van der Waals surface area contributed by atoms with Crippen LogP contribution in [0.4, 0.5) is 0 Å². The molecule has 2 aromatic carbocycles. The van der Waals surface area contributed by atoms with Gasteiger partial charge in [0.05, 0.1) is 29.8 Å². The first-order valence-electron chi connectivity index (χ1n) is 9.88. The van der Waals surface area contributed by atoms with Crippen LogP contribution in [-0.4, -0.2) is 33.5 Å². The Morgan fingerprint density at radius 3 is 2.38 bits per heavy atom. The zero-order chi connectivity index (χ0) is 22.5. The minimum absolute atomic E-state index is 0.276. The highest BCUT2D eigenvalue weighted by molar-refractivity contribution is 6.04. The molecule has 160 valence electrons. The SMILES string of the molecule is COc1ccc(-c2[nH]n(-c3ccccc3)c(=O)c2C(C)=NNC(=O)c2ccncc2)cc1. The summed E-state index contributed by atoms with van der Waals surface area (Å²) in [5.74, 6) is 0.312. The van der Waals surface area contributed by atoms with E-state index in [1.807, 2.05) is 54.6 Å². The van der Waals surface area contributed by atoms with Gasteiger partial charge in [0.25, 0.3) is 11.5 Å². The quantitative estimate of drug-likeness (QED) is 0.364. The second-order valence-electron chi connectivity index (χ2n) is 6.94. The molecule has 8 nitrogen and oxygen atoms in total. The number of nitrogens with one attached hydrogen (secondary N) is 2. The molecular formula is C24H21N5O3. The van der Waals surface area contributed by atoms with Crippen molar-refractivity contribution in [1.82, 2.24) is 20.2 Å². The van der Waals surface area contributed by atoms with E-state index in [0.717, 1.165) is 5.56 Å². The zero-order valence-electron chi connectivity index (χ0n) is 17.6. The van der Waals surface area contributed by atoms with Crippen LogP contribution in [0, 0.1) is 0 Å². The minimum atomic E-state index is -0.392. The van der Waals surface area contributed by atoms with Crippen LogP contribution in [0.3, 0.4) is 0 Å². The molecule has 0 spiro atoms. The van der Waals surface area contributed by atoms with Crippen LogP contribution < -0.4 is 15.7 Å². The highest BCUT2D eigenvalue weighted by Crippen LogP contribution is 2.24. The van der Waals surface area contributed by atoms with Gasteiger partial charge >= 0.3 is 0 Å². The number of nitrogens with zero attached hydrogens (tertiary/aromatic N) is 3. The van der Waals surface area contributed by atoms with Crippen molar-refractivity contribution in [2.24, 2.45) is 5.10 Å². The van der Waals surface area contributed by atoms with Gasteiger partial charge in [0, 0.05) is 23.5 Å². The molecule has 8 heteroatoms. The summed E-state index contributed by atoms with van der Waals surface area (Å²) in [7, 11) is 1.59. The van der Waals surface area contributed by atoms with Gasteiger partial charge in [-0.1, -0.05) is 18.2 Å². The number of pyridine rings is 1. The standard InChI is InChI=1S/C24H21N5O3/c1-16(26-27-23(30)18-12-14-25-15-13-18)21-22(17-8-10-20(32-2)11-9-17)28-29(24(21)31)19-6-4-3-5-7-19/h3-15,28H,1-2H3,(H,27,30). The smallest absolute Gasteiger partial charge is 0.281 e. The molecule has 0 aliphatic heterocycles. The fourth-order valence-corrected chi connectivity index (χ4v) is 3.26. The fraction of sp³-hybridized carbons (Fsp3) is 0.0833. The Hall–Kier alpha value is -4.46. The van der Waals surface area contributed by atoms with E-state index in [-0.39, 0.29) is 5.56 Å². The van der Waals surface area contributed by atoms with Crippen molar-refractivity contribution >= 4 is 11.6 Å². The van der Waals surface area contributed by atoms with Crippen LogP contribution >= 0.6 is 0 Å². The summed E-state index contributed by atoms with van der Waals surface area (Å²) in [5, 5.41) is 7.38. The molecule has 1 amide bonds. The zero-order valence-corrected chi connectivity index (χ0v) is 17.6. The molecular weight excluding hydrogens is 406 g/mol. The Morgan fingerprint density at radius 1 is 1.03 bits per heavy atom. The van der Waals surface area contributed by atoms with Crippen molar-refractivity contribution in [2.75, 3.05) is 7.11 Å². The number of para-hydroxylation sites is 1. The van der Waals surface area contributed by atoms with E-state index in [4.69, 9.17) is 4.74 Å². The van der Waals surface area contributed by atoms with Gasteiger partial charge in [-0.3, -0.25) is 19.7 Å². The van der Waals surface area contributed by atoms with Crippen molar-refractivity contribution in [3.63, 3.8) is 0 Å². The Kier molecular flexibility index (Phi) is 5.94. The van der Waals surface area contributed by atoms with Gasteiger partial charge in [-0.2, -0.15) is 5.10 Å². The lowest BCUT2D eigenvalue weighted by atomic mass is 10.1. The monoisotopic (exact) mass is 427 g/mol. The maximum atomic E-state index is 13.3. The number of amides is 1. The maximum absolute atomic E-state index is 13.3. The Labute approximate surface area is 184 Å². The third-order valence-electron chi connectivity index (χ3n) is 4.91. The first kappa shape index (κ1) is 20.8. The lowest BCUT2D eigenvalue weighted by molar-refractivity contribution is 0.0954. The van der Waals surface area contributed by atoms with Gasteiger partial charge in [0.2, 0.25) is 0 Å². The van der Waals surface area contributed by atoms with Crippen molar-refractivity contribution in [1.29, 1.82) is 0 Å². The second kappa shape index (κ2) is 9.13. The number of aromatic amines is 1. The van der Waals surface area contributed by atoms with E-state index < -0.39 is 5.91 Å². The number of carbonyl (C=O) groups is 1. The average molecular weight is 427 g/mol. The highest BCUT2D eigenvalue weighted by Gasteiger charge is 2.20. The van der Waals surface area contributed by atoms with Crippen molar-refractivity contribution in [3.05, 3.63) is 101 Å². The molecule has 0 aliphatic carbocycles. The molecule has 0 bridgehead atoms. The van der Waals surface area contributed by atoms with Gasteiger partial charge in [0.15, 0.2) is 0 Å². The normalized spacial score (nSPS) is 11.2. The lowest BCUT2D eigenvalue weighted by Gasteiger charge is -2.05. The number of benzene rings is 2. The second-order valence-corrected chi connectivity index (χ2v) is 6.94. The van der Waals surface area contributed by atoms with Crippen LogP contribution in [0.1, 0.15) is 22.8 Å². The number of ether oxygens (including phenoxy) is 1. The van der Waals surface area contributed by atoms with Gasteiger partial charge in [-0.15, -0.1) is 0 Å². The van der Waals surface area contributed by atoms with E-state index in [0.29, 0.717) is 34.0 Å². The predicted octanol–water partition coefficient (Wildman–Crippen LogP) is 3.39. The number of hydrazone groups is 1. The Bertz CT molecular complexity index is 1310. The number of hydrogen-bond acceptors (Lipinski definition) is 5. The molecule has 0 aliphatic rings. The van der Waals surface area contributed by atoms with Crippen LogP contribution in [0.5, 0.6) is 5.75 Å². The summed E-state index contributed by atoms with van der Waals surface area (Å²) in [6.45, 7) is 1.68. The predicted molar refractivity (Wildman–Crippen MR) is 122 cm³/mol. The molecule has 4 rings (SSSR count). The summed E-state index contributed by atoms with van der Waals surface area (Å²) in [5.41, 5.74) is 5.43. The van der Waals surface area contributed by atoms with Crippen LogP contribution in [0.15, 0.2) is 89.0 Å². The molecule has 0 radical (unpaired) electrons. The molecule has 0 fully saturated rings. The molecule has 0 unspecified atom stereocenters. The number of aromatic nitrogens is 3. The third-order valence-corrected chi connectivity index (χ3v) is 4.91. The Morgan fingerprint density at radius 2 is 1.72 bits per heavy atom. The minimum Gasteiger partial charge on any atom is -0.497 e. The number of H-pyrrole nitrogens is 1. The summed E-state index contributed by atoms with van der Waals surface area (Å²) in [4.78, 5) is 29.6. The van der Waals surface area contributed by atoms with Gasteiger partial charge in [-0.05, 0) is 55.5 Å². The van der Waals surface area contributed by atoms with Crippen LogP contribution in [0.2, 0.25) is 0 Å². The van der Waals surface area contributed by atoms with Gasteiger partial charge in [0.1, 0.15) is 5.75 Å². The summed E-state index contributed by atoms with van der Waals surface area (Å²) in [6.07, 6.45) is 3.05.